The fourth-order valence-corrected chi connectivity index (χ4v) is 3.62. The summed E-state index contributed by atoms with van der Waals surface area (Å²) < 4.78 is 35.3. The fourth-order valence-electron chi connectivity index (χ4n) is 3.12. The smallest absolute Gasteiger partial charge is 0.294 e. The molecule has 0 fully saturated rings. The second-order valence-electron chi connectivity index (χ2n) is 7.88. The molecular formula is C17H28N2O3S+2. The largest absolute Gasteiger partial charge is 0.331 e. The van der Waals surface area contributed by atoms with Gasteiger partial charge >= 0.3 is 0 Å². The van der Waals surface area contributed by atoms with E-state index in [1.54, 1.807) is 6.07 Å². The van der Waals surface area contributed by atoms with Gasteiger partial charge in [0.1, 0.15) is 0 Å². The lowest BCUT2D eigenvalue weighted by atomic mass is 9.82. The normalized spacial score (nSPS) is 17.5. The third kappa shape index (κ3) is 3.65. The molecule has 1 N–H and O–H groups in total. The molecule has 0 saturated heterocycles. The van der Waals surface area contributed by atoms with Gasteiger partial charge < -0.3 is 4.48 Å². The van der Waals surface area contributed by atoms with E-state index in [1.807, 2.05) is 6.07 Å². The molecule has 128 valence electrons. The van der Waals surface area contributed by atoms with Crippen LogP contribution in [0.4, 0.5) is 5.69 Å². The highest BCUT2D eigenvalue weighted by Crippen LogP contribution is 2.40. The molecule has 2 rings (SSSR count). The lowest BCUT2D eigenvalue weighted by Gasteiger charge is -2.23. The van der Waals surface area contributed by atoms with E-state index in [9.17, 15) is 13.0 Å². The van der Waals surface area contributed by atoms with Crippen LogP contribution >= 0.6 is 0 Å². The van der Waals surface area contributed by atoms with E-state index in [1.165, 1.54) is 11.8 Å². The summed E-state index contributed by atoms with van der Waals surface area (Å²) in [7, 11) is 2.36. The molecule has 0 amide bonds. The van der Waals surface area contributed by atoms with Crippen LogP contribution in [0.1, 0.15) is 32.8 Å². The van der Waals surface area contributed by atoms with Crippen LogP contribution in [-0.4, -0.2) is 62.0 Å². The molecule has 6 heteroatoms. The Hall–Kier alpha value is -1.24. The van der Waals surface area contributed by atoms with E-state index in [-0.39, 0.29) is 10.3 Å². The maximum absolute atomic E-state index is 11.4. The standard InChI is InChI=1S/C17H27N2O3S/c1-13-17(2,3)15-12-14(23(20,21)22)8-9-16(15)18(13)10-7-11-19(4,5)6/h8-9,12H,7,10-11H2,1-6H3/q+1/p+1. The summed E-state index contributed by atoms with van der Waals surface area (Å²) in [5, 5.41) is 0. The molecule has 1 heterocycles. The highest BCUT2D eigenvalue weighted by Gasteiger charge is 2.43. The number of fused-ring (bicyclic) bond motifs is 1. The Labute approximate surface area is 139 Å². The van der Waals surface area contributed by atoms with Crippen molar-refractivity contribution in [1.29, 1.82) is 0 Å². The van der Waals surface area contributed by atoms with Gasteiger partial charge in [0.25, 0.3) is 10.1 Å². The number of hydrogen-bond acceptors (Lipinski definition) is 2. The molecule has 0 radical (unpaired) electrons. The Morgan fingerprint density at radius 3 is 2.35 bits per heavy atom. The molecule has 5 nitrogen and oxygen atoms in total. The van der Waals surface area contributed by atoms with E-state index >= 15 is 0 Å². The summed E-state index contributed by atoms with van der Waals surface area (Å²) in [6.45, 7) is 8.26. The third-order valence-electron chi connectivity index (χ3n) is 4.75. The second-order valence-corrected chi connectivity index (χ2v) is 9.31. The summed E-state index contributed by atoms with van der Waals surface area (Å²) in [5.74, 6) is 0. The van der Waals surface area contributed by atoms with Crippen LogP contribution in [0.25, 0.3) is 0 Å². The van der Waals surface area contributed by atoms with Crippen LogP contribution in [0.2, 0.25) is 0 Å². The molecule has 23 heavy (non-hydrogen) atoms. The topological polar surface area (TPSA) is 57.4 Å². The Morgan fingerprint density at radius 1 is 1.22 bits per heavy atom. The van der Waals surface area contributed by atoms with Crippen LogP contribution < -0.4 is 0 Å². The van der Waals surface area contributed by atoms with Gasteiger partial charge in [0.15, 0.2) is 12.3 Å². The van der Waals surface area contributed by atoms with Crippen LogP contribution in [0, 0.1) is 0 Å². The van der Waals surface area contributed by atoms with Crippen molar-refractivity contribution in [2.24, 2.45) is 0 Å². The van der Waals surface area contributed by atoms with Crippen LogP contribution in [0.15, 0.2) is 23.1 Å². The van der Waals surface area contributed by atoms with Crippen molar-refractivity contribution in [2.75, 3.05) is 34.2 Å². The highest BCUT2D eigenvalue weighted by atomic mass is 32.2. The zero-order valence-electron chi connectivity index (χ0n) is 14.9. The van der Waals surface area contributed by atoms with Gasteiger partial charge in [0, 0.05) is 18.6 Å². The van der Waals surface area contributed by atoms with Crippen molar-refractivity contribution in [3.05, 3.63) is 23.8 Å². The minimum absolute atomic E-state index is 0.0367. The van der Waals surface area contributed by atoms with Crippen molar-refractivity contribution in [3.63, 3.8) is 0 Å². The molecule has 0 bridgehead atoms. The Bertz CT molecular complexity index is 757. The molecule has 0 aliphatic carbocycles. The zero-order chi connectivity index (χ0) is 17.6. The van der Waals surface area contributed by atoms with Gasteiger partial charge in [-0.3, -0.25) is 4.55 Å². The van der Waals surface area contributed by atoms with Crippen molar-refractivity contribution in [2.45, 2.75) is 37.5 Å². The molecule has 0 atom stereocenters. The average Bonchev–Trinajstić information content (AvgIpc) is 2.57. The van der Waals surface area contributed by atoms with Crippen LogP contribution in [-0.2, 0) is 15.5 Å². The lowest BCUT2D eigenvalue weighted by molar-refractivity contribution is -0.871. The quantitative estimate of drug-likeness (QED) is 0.509. The molecule has 0 aromatic heterocycles. The summed E-state index contributed by atoms with van der Waals surface area (Å²) in [6.07, 6.45) is 1.05. The Balaban J connectivity index is 2.39. The first kappa shape index (κ1) is 18.1. The maximum Gasteiger partial charge on any atom is 0.294 e. The minimum Gasteiger partial charge on any atom is -0.331 e. The maximum atomic E-state index is 11.4. The van der Waals surface area contributed by atoms with Crippen LogP contribution in [0.5, 0.6) is 0 Å². The van der Waals surface area contributed by atoms with Gasteiger partial charge in [0.05, 0.1) is 44.4 Å². The molecule has 1 aromatic rings. The number of quaternary nitrogens is 1. The highest BCUT2D eigenvalue weighted by molar-refractivity contribution is 7.85. The Kier molecular flexibility index (Phi) is 4.47. The van der Waals surface area contributed by atoms with E-state index in [0.717, 1.165) is 35.2 Å². The number of benzene rings is 1. The van der Waals surface area contributed by atoms with Crippen molar-refractivity contribution >= 4 is 21.5 Å². The van der Waals surface area contributed by atoms with Gasteiger partial charge in [-0.15, -0.1) is 0 Å². The summed E-state index contributed by atoms with van der Waals surface area (Å²) in [6, 6.07) is 4.90. The molecule has 1 aromatic carbocycles. The lowest BCUT2D eigenvalue weighted by Crippen LogP contribution is -2.36. The number of nitrogens with zero attached hydrogens (tertiary/aromatic N) is 2. The molecule has 0 unspecified atom stereocenters. The first-order valence-corrected chi connectivity index (χ1v) is 9.32. The predicted molar refractivity (Wildman–Crippen MR) is 92.3 cm³/mol. The van der Waals surface area contributed by atoms with Crippen molar-refractivity contribution in [1.82, 2.24) is 0 Å². The molecule has 1 aliphatic heterocycles. The van der Waals surface area contributed by atoms with Gasteiger partial charge in [-0.25, -0.2) is 0 Å². The summed E-state index contributed by atoms with van der Waals surface area (Å²) in [5.41, 5.74) is 2.96. The van der Waals surface area contributed by atoms with Gasteiger partial charge in [-0.2, -0.15) is 13.0 Å². The summed E-state index contributed by atoms with van der Waals surface area (Å²) in [4.78, 5) is -0.0367. The zero-order valence-corrected chi connectivity index (χ0v) is 15.7. The molecule has 1 aliphatic rings. The average molecular weight is 340 g/mol. The van der Waals surface area contributed by atoms with Crippen molar-refractivity contribution in [3.8, 4) is 0 Å². The monoisotopic (exact) mass is 340 g/mol. The first-order valence-electron chi connectivity index (χ1n) is 7.88. The van der Waals surface area contributed by atoms with Crippen LogP contribution in [0.3, 0.4) is 0 Å². The van der Waals surface area contributed by atoms with Crippen molar-refractivity contribution < 1.29 is 22.0 Å². The summed E-state index contributed by atoms with van der Waals surface area (Å²) >= 11 is 0. The SMILES string of the molecule is CC1=[N+](CCC[N+](C)(C)C)c2ccc(S(=O)(=O)O)cc2C1(C)C. The first-order chi connectivity index (χ1) is 10.3. The van der Waals surface area contributed by atoms with Gasteiger partial charge in [-0.05, 0) is 26.0 Å². The molecule has 0 saturated carbocycles. The van der Waals surface area contributed by atoms with E-state index in [4.69, 9.17) is 0 Å². The predicted octanol–water partition coefficient (Wildman–Crippen LogP) is 2.43. The van der Waals surface area contributed by atoms with Gasteiger partial charge in [-0.1, -0.05) is 0 Å². The van der Waals surface area contributed by atoms with Gasteiger partial charge in [0.2, 0.25) is 5.69 Å². The third-order valence-corrected chi connectivity index (χ3v) is 5.60. The minimum atomic E-state index is -4.18. The molecule has 0 spiro atoms. The van der Waals surface area contributed by atoms with E-state index in [2.05, 4.69) is 46.5 Å². The Morgan fingerprint density at radius 2 is 1.83 bits per heavy atom. The fraction of sp³-hybridized carbons (Fsp3) is 0.588. The van der Waals surface area contributed by atoms with E-state index in [0.29, 0.717) is 0 Å². The number of rotatable bonds is 5. The second kappa shape index (κ2) is 5.69. The van der Waals surface area contributed by atoms with E-state index < -0.39 is 10.1 Å². The number of hydrogen-bond donors (Lipinski definition) is 1. The molecular weight excluding hydrogens is 312 g/mol.